The summed E-state index contributed by atoms with van der Waals surface area (Å²) in [6.45, 7) is 5.76. The predicted molar refractivity (Wildman–Crippen MR) is 58.2 cm³/mol. The Bertz CT molecular complexity index is 232. The molecule has 0 aromatic rings. The lowest BCUT2D eigenvalue weighted by atomic mass is 10.1. The van der Waals surface area contributed by atoms with Gasteiger partial charge in [-0.2, -0.15) is 0 Å². The van der Waals surface area contributed by atoms with Crippen LogP contribution in [-0.4, -0.2) is 18.3 Å². The van der Waals surface area contributed by atoms with Gasteiger partial charge < -0.3 is 10.5 Å². The smallest absolute Gasteiger partial charge is 0.356 e. The van der Waals surface area contributed by atoms with Gasteiger partial charge in [-0.3, -0.25) is 5.41 Å². The quantitative estimate of drug-likeness (QED) is 0.535. The molecule has 82 valence electrons. The summed E-state index contributed by atoms with van der Waals surface area (Å²) in [6.07, 6.45) is 1.34. The van der Waals surface area contributed by atoms with E-state index in [2.05, 4.69) is 4.74 Å². The zero-order chi connectivity index (χ0) is 10.4. The molecule has 0 saturated carbocycles. The number of nitrogens with one attached hydrogen (secondary N) is 1. The van der Waals surface area contributed by atoms with E-state index in [-0.39, 0.29) is 25.7 Å². The number of nitrogens with two attached hydrogens (primary N) is 1. The third-order valence-electron chi connectivity index (χ3n) is 1.47. The number of hydrogen-bond donors (Lipinski definition) is 2. The van der Waals surface area contributed by atoms with E-state index in [1.807, 2.05) is 13.8 Å². The van der Waals surface area contributed by atoms with Crippen molar-refractivity contribution in [2.24, 2.45) is 11.7 Å². The van der Waals surface area contributed by atoms with Crippen molar-refractivity contribution in [1.82, 2.24) is 0 Å². The summed E-state index contributed by atoms with van der Waals surface area (Å²) in [7, 11) is 0. The SMILES string of the molecule is C.CCOC(=O)C(=N)/C=C(\N)C(C)C. The first-order valence-electron chi connectivity index (χ1n) is 4.21. The standard InChI is InChI=1S/C9H16N2O2.CH4/c1-4-13-9(12)8(11)5-7(10)6(2)3;/h5-6,11H,4,10H2,1-3H3;1H4/b7-5-,11-8?;. The van der Waals surface area contributed by atoms with Crippen LogP contribution in [0.4, 0.5) is 0 Å². The monoisotopic (exact) mass is 200 g/mol. The number of ether oxygens (including phenoxy) is 1. The molecule has 0 bridgehead atoms. The van der Waals surface area contributed by atoms with E-state index in [0.717, 1.165) is 0 Å². The Morgan fingerprint density at radius 2 is 2.07 bits per heavy atom. The lowest BCUT2D eigenvalue weighted by Gasteiger charge is -2.05. The normalized spacial score (nSPS) is 10.7. The fraction of sp³-hybridized carbons (Fsp3) is 0.600. The first-order chi connectivity index (χ1) is 5.99. The lowest BCUT2D eigenvalue weighted by Crippen LogP contribution is -2.17. The van der Waals surface area contributed by atoms with E-state index < -0.39 is 5.97 Å². The third kappa shape index (κ3) is 5.35. The molecule has 0 aliphatic heterocycles. The zero-order valence-corrected chi connectivity index (χ0v) is 8.26. The van der Waals surface area contributed by atoms with Gasteiger partial charge >= 0.3 is 5.97 Å². The molecule has 0 heterocycles. The highest BCUT2D eigenvalue weighted by molar-refractivity contribution is 6.39. The Balaban J connectivity index is 0. The zero-order valence-electron chi connectivity index (χ0n) is 8.26. The molecular formula is C10H20N2O2. The Morgan fingerprint density at radius 3 is 2.43 bits per heavy atom. The summed E-state index contributed by atoms with van der Waals surface area (Å²) in [5.41, 5.74) is 5.88. The van der Waals surface area contributed by atoms with Crippen molar-refractivity contribution in [2.75, 3.05) is 6.61 Å². The maximum Gasteiger partial charge on any atom is 0.356 e. The van der Waals surface area contributed by atoms with Crippen molar-refractivity contribution in [3.63, 3.8) is 0 Å². The van der Waals surface area contributed by atoms with Gasteiger partial charge in [0.15, 0.2) is 0 Å². The van der Waals surface area contributed by atoms with Crippen molar-refractivity contribution < 1.29 is 9.53 Å². The fourth-order valence-electron chi connectivity index (χ4n) is 0.601. The highest BCUT2D eigenvalue weighted by atomic mass is 16.5. The minimum absolute atomic E-state index is 0. The molecule has 0 radical (unpaired) electrons. The van der Waals surface area contributed by atoms with E-state index in [0.29, 0.717) is 5.70 Å². The summed E-state index contributed by atoms with van der Waals surface area (Å²) in [5.74, 6) is -0.499. The third-order valence-corrected chi connectivity index (χ3v) is 1.47. The highest BCUT2D eigenvalue weighted by Crippen LogP contribution is 2.02. The van der Waals surface area contributed by atoms with Crippen LogP contribution in [0, 0.1) is 11.3 Å². The molecule has 0 fully saturated rings. The average molecular weight is 200 g/mol. The second-order valence-corrected chi connectivity index (χ2v) is 2.93. The fourth-order valence-corrected chi connectivity index (χ4v) is 0.601. The van der Waals surface area contributed by atoms with Crippen LogP contribution in [-0.2, 0) is 9.53 Å². The van der Waals surface area contributed by atoms with E-state index in [1.165, 1.54) is 6.08 Å². The summed E-state index contributed by atoms with van der Waals surface area (Å²) < 4.78 is 4.62. The van der Waals surface area contributed by atoms with Crippen LogP contribution < -0.4 is 5.73 Å². The molecule has 0 aliphatic carbocycles. The number of esters is 1. The first kappa shape index (κ1) is 15.2. The van der Waals surface area contributed by atoms with Crippen molar-refractivity contribution in [2.45, 2.75) is 28.2 Å². The van der Waals surface area contributed by atoms with Crippen molar-refractivity contribution in [3.05, 3.63) is 11.8 Å². The molecule has 4 heteroatoms. The van der Waals surface area contributed by atoms with Crippen LogP contribution >= 0.6 is 0 Å². The van der Waals surface area contributed by atoms with Gasteiger partial charge in [0, 0.05) is 5.70 Å². The van der Waals surface area contributed by atoms with Crippen LogP contribution in [0.15, 0.2) is 11.8 Å². The molecule has 14 heavy (non-hydrogen) atoms. The molecule has 0 saturated heterocycles. The Labute approximate surface area is 85.6 Å². The Morgan fingerprint density at radius 1 is 1.57 bits per heavy atom. The van der Waals surface area contributed by atoms with Crippen molar-refractivity contribution in [3.8, 4) is 0 Å². The summed E-state index contributed by atoms with van der Waals surface area (Å²) in [6, 6.07) is 0. The molecule has 0 amide bonds. The Kier molecular flexibility index (Phi) is 7.71. The second kappa shape index (κ2) is 7.12. The van der Waals surface area contributed by atoms with Gasteiger partial charge in [-0.1, -0.05) is 21.3 Å². The van der Waals surface area contributed by atoms with Crippen LogP contribution in [0.25, 0.3) is 0 Å². The maximum atomic E-state index is 11.0. The molecule has 0 spiro atoms. The van der Waals surface area contributed by atoms with Crippen LogP contribution in [0.1, 0.15) is 28.2 Å². The molecule has 0 rings (SSSR count). The minimum atomic E-state index is -0.633. The molecular weight excluding hydrogens is 180 g/mol. The van der Waals surface area contributed by atoms with Crippen molar-refractivity contribution >= 4 is 11.7 Å². The van der Waals surface area contributed by atoms with E-state index in [9.17, 15) is 4.79 Å². The highest BCUT2D eigenvalue weighted by Gasteiger charge is 2.08. The molecule has 0 aromatic carbocycles. The number of carbonyl (C=O) groups is 1. The molecule has 4 nitrogen and oxygen atoms in total. The minimum Gasteiger partial charge on any atom is -0.461 e. The number of allylic oxidation sites excluding steroid dienone is 1. The molecule has 0 unspecified atom stereocenters. The first-order valence-corrected chi connectivity index (χ1v) is 4.21. The van der Waals surface area contributed by atoms with E-state index in [4.69, 9.17) is 11.1 Å². The van der Waals surface area contributed by atoms with E-state index >= 15 is 0 Å². The average Bonchev–Trinajstić information content (AvgIpc) is 2.04. The largest absolute Gasteiger partial charge is 0.461 e. The Hall–Kier alpha value is -1.32. The predicted octanol–water partition coefficient (Wildman–Crippen LogP) is 1.70. The topological polar surface area (TPSA) is 76.2 Å². The van der Waals surface area contributed by atoms with Crippen LogP contribution in [0.5, 0.6) is 0 Å². The van der Waals surface area contributed by atoms with E-state index in [1.54, 1.807) is 6.92 Å². The van der Waals surface area contributed by atoms with Gasteiger partial charge in [0.05, 0.1) is 6.61 Å². The summed E-state index contributed by atoms with van der Waals surface area (Å²) >= 11 is 0. The van der Waals surface area contributed by atoms with Crippen LogP contribution in [0.2, 0.25) is 0 Å². The second-order valence-electron chi connectivity index (χ2n) is 2.93. The number of carbonyl (C=O) groups excluding carboxylic acids is 1. The summed E-state index contributed by atoms with van der Waals surface area (Å²) in [4.78, 5) is 11.0. The molecule has 0 atom stereocenters. The van der Waals surface area contributed by atoms with Crippen molar-refractivity contribution in [1.29, 1.82) is 5.41 Å². The lowest BCUT2D eigenvalue weighted by molar-refractivity contribution is -0.135. The molecule has 0 aromatic heterocycles. The van der Waals surface area contributed by atoms with Crippen LogP contribution in [0.3, 0.4) is 0 Å². The number of hydrogen-bond acceptors (Lipinski definition) is 4. The van der Waals surface area contributed by atoms with Gasteiger partial charge in [0.2, 0.25) is 0 Å². The van der Waals surface area contributed by atoms with Gasteiger partial charge in [-0.15, -0.1) is 0 Å². The summed E-state index contributed by atoms with van der Waals surface area (Å²) in [5, 5.41) is 7.29. The number of rotatable bonds is 4. The van der Waals surface area contributed by atoms with Gasteiger partial charge in [-0.25, -0.2) is 4.79 Å². The van der Waals surface area contributed by atoms with Gasteiger partial charge in [-0.05, 0) is 18.9 Å². The molecule has 3 N–H and O–H groups in total. The van der Waals surface area contributed by atoms with Gasteiger partial charge in [0.1, 0.15) is 5.71 Å². The molecule has 0 aliphatic rings. The maximum absolute atomic E-state index is 11.0. The van der Waals surface area contributed by atoms with Gasteiger partial charge in [0.25, 0.3) is 0 Å².